The van der Waals surface area contributed by atoms with E-state index in [0.717, 1.165) is 4.57 Å². The number of aryl methyl sites for hydroxylation is 1. The summed E-state index contributed by atoms with van der Waals surface area (Å²) in [6, 6.07) is -0.152. The van der Waals surface area contributed by atoms with Gasteiger partial charge in [-0.1, -0.05) is 0 Å². The highest BCUT2D eigenvalue weighted by Crippen LogP contribution is 2.20. The molecule has 0 saturated heterocycles. The lowest BCUT2D eigenvalue weighted by atomic mass is 10.3. The van der Waals surface area contributed by atoms with Gasteiger partial charge < -0.3 is 4.57 Å². The van der Waals surface area contributed by atoms with Crippen LogP contribution in [0.5, 0.6) is 0 Å². The van der Waals surface area contributed by atoms with Crippen LogP contribution in [0.25, 0.3) is 0 Å². The molecule has 0 spiro atoms. The second-order valence-electron chi connectivity index (χ2n) is 4.84. The monoisotopic (exact) mass is 303 g/mol. The Hall–Kier alpha value is -1.97. The zero-order valence-electron chi connectivity index (χ0n) is 11.9. The number of halogens is 3. The van der Waals surface area contributed by atoms with E-state index in [-0.39, 0.29) is 12.6 Å². The molecular formula is C11H16F3N7. The maximum Gasteiger partial charge on any atom is 0.406 e. The second-order valence-corrected chi connectivity index (χ2v) is 4.84. The number of aromatic nitrogens is 6. The Morgan fingerprint density at radius 3 is 2.67 bits per heavy atom. The molecule has 2 heterocycles. The summed E-state index contributed by atoms with van der Waals surface area (Å²) in [6.45, 7) is 1.09. The van der Waals surface area contributed by atoms with Crippen molar-refractivity contribution in [1.82, 2.24) is 34.7 Å². The van der Waals surface area contributed by atoms with Gasteiger partial charge in [0.2, 0.25) is 0 Å². The van der Waals surface area contributed by atoms with Crippen LogP contribution in [0, 0.1) is 0 Å². The van der Waals surface area contributed by atoms with E-state index >= 15 is 0 Å². The Labute approximate surface area is 119 Å². The largest absolute Gasteiger partial charge is 0.406 e. The molecule has 21 heavy (non-hydrogen) atoms. The van der Waals surface area contributed by atoms with Crippen LogP contribution >= 0.6 is 0 Å². The van der Waals surface area contributed by atoms with Gasteiger partial charge in [0.05, 0.1) is 12.6 Å². The first-order chi connectivity index (χ1) is 9.78. The lowest BCUT2D eigenvalue weighted by Gasteiger charge is -2.23. The Morgan fingerprint density at radius 1 is 1.38 bits per heavy atom. The molecule has 0 aromatic carbocycles. The summed E-state index contributed by atoms with van der Waals surface area (Å²) in [5.41, 5.74) is 0. The molecule has 0 unspecified atom stereocenters. The fourth-order valence-electron chi connectivity index (χ4n) is 1.98. The molecule has 0 amide bonds. The number of hydrogen-bond acceptors (Lipinski definition) is 5. The fourth-order valence-corrected chi connectivity index (χ4v) is 1.98. The van der Waals surface area contributed by atoms with Crippen molar-refractivity contribution in [3.63, 3.8) is 0 Å². The summed E-state index contributed by atoms with van der Waals surface area (Å²) in [7, 11) is 3.50. The number of imidazole rings is 1. The number of alkyl halides is 3. The van der Waals surface area contributed by atoms with E-state index in [1.54, 1.807) is 14.1 Å². The Bertz CT molecular complexity index is 589. The van der Waals surface area contributed by atoms with E-state index in [9.17, 15) is 13.2 Å². The Balaban J connectivity index is 2.08. The minimum Gasteiger partial charge on any atom is -0.325 e. The average Bonchev–Trinajstić information content (AvgIpc) is 2.96. The van der Waals surface area contributed by atoms with Gasteiger partial charge in [-0.3, -0.25) is 4.90 Å². The van der Waals surface area contributed by atoms with Crippen molar-refractivity contribution < 1.29 is 13.2 Å². The van der Waals surface area contributed by atoms with Crippen LogP contribution in [-0.2, 0) is 20.1 Å². The first-order valence-electron chi connectivity index (χ1n) is 6.27. The molecule has 0 aliphatic carbocycles. The van der Waals surface area contributed by atoms with E-state index in [1.165, 1.54) is 17.1 Å². The van der Waals surface area contributed by atoms with Crippen molar-refractivity contribution in [2.75, 3.05) is 7.05 Å². The number of hydrogen-bond donors (Lipinski definition) is 0. The number of rotatable bonds is 5. The quantitative estimate of drug-likeness (QED) is 0.829. The molecule has 0 fully saturated rings. The van der Waals surface area contributed by atoms with Crippen molar-refractivity contribution in [2.24, 2.45) is 7.05 Å². The second kappa shape index (κ2) is 5.80. The van der Waals surface area contributed by atoms with Crippen molar-refractivity contribution >= 4 is 0 Å². The number of tetrazole rings is 1. The van der Waals surface area contributed by atoms with Gasteiger partial charge in [-0.2, -0.15) is 13.2 Å². The maximum absolute atomic E-state index is 12.5. The highest BCUT2D eigenvalue weighted by Gasteiger charge is 2.29. The predicted molar refractivity (Wildman–Crippen MR) is 67.0 cm³/mol. The zero-order valence-corrected chi connectivity index (χ0v) is 11.9. The van der Waals surface area contributed by atoms with E-state index in [2.05, 4.69) is 20.5 Å². The highest BCUT2D eigenvalue weighted by molar-refractivity contribution is 4.96. The molecule has 116 valence electrons. The van der Waals surface area contributed by atoms with Gasteiger partial charge in [-0.25, -0.2) is 9.67 Å². The summed E-state index contributed by atoms with van der Waals surface area (Å²) >= 11 is 0. The topological polar surface area (TPSA) is 64.7 Å². The van der Waals surface area contributed by atoms with Gasteiger partial charge in [-0.05, 0) is 24.4 Å². The molecule has 0 N–H and O–H groups in total. The minimum atomic E-state index is -4.27. The van der Waals surface area contributed by atoms with Crippen molar-refractivity contribution in [2.45, 2.75) is 32.2 Å². The van der Waals surface area contributed by atoms with E-state index in [0.29, 0.717) is 11.6 Å². The molecule has 0 aliphatic heterocycles. The van der Waals surface area contributed by atoms with E-state index < -0.39 is 12.7 Å². The standard InChI is InChI=1S/C11H16F3N7/c1-8(10-16-17-18-20(10)3)19(2)6-9-15-4-5-21(9)7-11(12,13)14/h4-5,8H,6-7H2,1-3H3/t8-/m0/s1. The van der Waals surface area contributed by atoms with E-state index in [4.69, 9.17) is 0 Å². The van der Waals surface area contributed by atoms with Crippen molar-refractivity contribution in [3.05, 3.63) is 24.0 Å². The van der Waals surface area contributed by atoms with Crippen LogP contribution in [0.1, 0.15) is 24.6 Å². The third-order valence-electron chi connectivity index (χ3n) is 3.23. The van der Waals surface area contributed by atoms with Gasteiger partial charge in [-0.15, -0.1) is 5.10 Å². The molecule has 0 saturated carbocycles. The molecular weight excluding hydrogens is 287 g/mol. The summed E-state index contributed by atoms with van der Waals surface area (Å²) in [6.07, 6.45) is -1.58. The Kier molecular flexibility index (Phi) is 4.26. The molecule has 10 heteroatoms. The van der Waals surface area contributed by atoms with Crippen LogP contribution in [0.2, 0.25) is 0 Å². The zero-order chi connectivity index (χ0) is 15.6. The third-order valence-corrected chi connectivity index (χ3v) is 3.23. The molecule has 2 aromatic rings. The molecule has 0 radical (unpaired) electrons. The van der Waals surface area contributed by atoms with Crippen molar-refractivity contribution in [1.29, 1.82) is 0 Å². The molecule has 2 rings (SSSR count). The Morgan fingerprint density at radius 2 is 2.10 bits per heavy atom. The molecule has 7 nitrogen and oxygen atoms in total. The van der Waals surface area contributed by atoms with Gasteiger partial charge in [0.15, 0.2) is 5.82 Å². The van der Waals surface area contributed by atoms with Crippen LogP contribution in [0.15, 0.2) is 12.4 Å². The van der Waals surface area contributed by atoms with Gasteiger partial charge in [0.25, 0.3) is 0 Å². The summed E-state index contributed by atoms with van der Waals surface area (Å²) < 4.78 is 40.1. The third kappa shape index (κ3) is 3.78. The lowest BCUT2D eigenvalue weighted by molar-refractivity contribution is -0.141. The van der Waals surface area contributed by atoms with Crippen molar-refractivity contribution in [3.8, 4) is 0 Å². The van der Waals surface area contributed by atoms with Crippen LogP contribution in [-0.4, -0.2) is 47.9 Å². The summed E-state index contributed by atoms with van der Waals surface area (Å²) in [5, 5.41) is 11.2. The summed E-state index contributed by atoms with van der Waals surface area (Å²) in [5.74, 6) is 0.975. The molecule has 0 bridgehead atoms. The normalized spacial score (nSPS) is 13.9. The molecule has 1 atom stereocenters. The first-order valence-corrected chi connectivity index (χ1v) is 6.27. The fraction of sp³-hybridized carbons (Fsp3) is 0.636. The van der Waals surface area contributed by atoms with Gasteiger partial charge in [0.1, 0.15) is 12.4 Å². The van der Waals surface area contributed by atoms with Gasteiger partial charge in [0, 0.05) is 19.4 Å². The predicted octanol–water partition coefficient (Wildman–Crippen LogP) is 1.16. The summed E-state index contributed by atoms with van der Waals surface area (Å²) in [4.78, 5) is 5.82. The SMILES string of the molecule is C[C@@H](c1nnnn1C)N(C)Cc1nccn1CC(F)(F)F. The smallest absolute Gasteiger partial charge is 0.325 e. The average molecular weight is 303 g/mol. The maximum atomic E-state index is 12.5. The molecule has 0 aliphatic rings. The van der Waals surface area contributed by atoms with Crippen LogP contribution < -0.4 is 0 Å². The number of nitrogens with zero attached hydrogens (tertiary/aromatic N) is 7. The van der Waals surface area contributed by atoms with E-state index in [1.807, 2.05) is 11.8 Å². The van der Waals surface area contributed by atoms with Crippen LogP contribution in [0.4, 0.5) is 13.2 Å². The minimum absolute atomic E-state index is 0.152. The van der Waals surface area contributed by atoms with Crippen LogP contribution in [0.3, 0.4) is 0 Å². The molecule has 2 aromatic heterocycles. The lowest BCUT2D eigenvalue weighted by Crippen LogP contribution is -2.27. The van der Waals surface area contributed by atoms with Gasteiger partial charge >= 0.3 is 6.18 Å². The highest BCUT2D eigenvalue weighted by atomic mass is 19.4. The first kappa shape index (κ1) is 15.4.